The Labute approximate surface area is 110 Å². The molecule has 6 heteroatoms. The molecule has 0 saturated heterocycles. The molecule has 19 heavy (non-hydrogen) atoms. The average Bonchev–Trinajstić information content (AvgIpc) is 2.69. The summed E-state index contributed by atoms with van der Waals surface area (Å²) in [6.07, 6.45) is 1.70. The van der Waals surface area contributed by atoms with Crippen LogP contribution in [0, 0.1) is 6.92 Å². The van der Waals surface area contributed by atoms with Crippen molar-refractivity contribution in [1.29, 1.82) is 0 Å². The molecule has 6 nitrogen and oxygen atoms in total. The molecule has 0 saturated carbocycles. The summed E-state index contributed by atoms with van der Waals surface area (Å²) in [5, 5.41) is 0. The van der Waals surface area contributed by atoms with E-state index in [9.17, 15) is 9.59 Å². The van der Waals surface area contributed by atoms with Crippen LogP contribution < -0.4 is 0 Å². The summed E-state index contributed by atoms with van der Waals surface area (Å²) in [7, 11) is 2.55. The highest BCUT2D eigenvalue weighted by Gasteiger charge is 2.31. The molecule has 0 aromatic carbocycles. The molecule has 1 aromatic rings. The van der Waals surface area contributed by atoms with Gasteiger partial charge in [0.2, 0.25) is 0 Å². The second-order valence-electron chi connectivity index (χ2n) is 4.16. The number of allylic oxidation sites excluding steroid dienone is 1. The lowest BCUT2D eigenvalue weighted by atomic mass is 10.1. The Morgan fingerprint density at radius 1 is 1.16 bits per heavy atom. The Bertz CT molecular complexity index is 582. The largest absolute Gasteiger partial charge is 0.477 e. The molecule has 1 aliphatic heterocycles. The molecule has 2 heterocycles. The fraction of sp³-hybridized carbons (Fsp3) is 0.385. The molecule has 2 rings (SSSR count). The molecule has 102 valence electrons. The van der Waals surface area contributed by atoms with Gasteiger partial charge in [-0.2, -0.15) is 0 Å². The molecule has 0 atom stereocenters. The Balaban J connectivity index is 2.74. The maximum Gasteiger partial charge on any atom is 0.340 e. The van der Waals surface area contributed by atoms with Gasteiger partial charge < -0.3 is 18.8 Å². The third kappa shape index (κ3) is 1.99. The van der Waals surface area contributed by atoms with Gasteiger partial charge in [0, 0.05) is 11.8 Å². The van der Waals surface area contributed by atoms with Crippen LogP contribution in [0.1, 0.15) is 39.0 Å². The van der Waals surface area contributed by atoms with Crippen LogP contribution in [0.15, 0.2) is 5.76 Å². The predicted molar refractivity (Wildman–Crippen MR) is 66.6 cm³/mol. The van der Waals surface area contributed by atoms with Crippen molar-refractivity contribution >= 4 is 18.0 Å². The van der Waals surface area contributed by atoms with Crippen LogP contribution in [0.3, 0.4) is 0 Å². The van der Waals surface area contributed by atoms with Gasteiger partial charge in [-0.05, 0) is 13.8 Å². The summed E-state index contributed by atoms with van der Waals surface area (Å²) in [6.45, 7) is 3.77. The molecular weight excluding hydrogens is 250 g/mol. The summed E-state index contributed by atoms with van der Waals surface area (Å²) in [6, 6.07) is 0. The van der Waals surface area contributed by atoms with Gasteiger partial charge in [0.05, 0.1) is 36.8 Å². The van der Waals surface area contributed by atoms with E-state index < -0.39 is 11.9 Å². The summed E-state index contributed by atoms with van der Waals surface area (Å²) in [5.74, 6) is -0.458. The lowest BCUT2D eigenvalue weighted by Crippen LogP contribution is -2.12. The van der Waals surface area contributed by atoms with Gasteiger partial charge in [-0.3, -0.25) is 0 Å². The van der Waals surface area contributed by atoms with Crippen molar-refractivity contribution in [3.05, 3.63) is 28.3 Å². The van der Waals surface area contributed by atoms with Crippen LogP contribution in [0.4, 0.5) is 0 Å². The molecular formula is C13H15NO5. The van der Waals surface area contributed by atoms with Gasteiger partial charge >= 0.3 is 11.9 Å². The lowest BCUT2D eigenvalue weighted by Gasteiger charge is -2.17. The predicted octanol–water partition coefficient (Wildman–Crippen LogP) is 1.72. The van der Waals surface area contributed by atoms with Gasteiger partial charge in [-0.25, -0.2) is 9.59 Å². The first kappa shape index (κ1) is 13.2. The molecule has 0 fully saturated rings. The van der Waals surface area contributed by atoms with Crippen LogP contribution in [-0.4, -0.2) is 30.7 Å². The van der Waals surface area contributed by atoms with Crippen molar-refractivity contribution in [1.82, 2.24) is 4.57 Å². The van der Waals surface area contributed by atoms with Crippen molar-refractivity contribution in [3.63, 3.8) is 0 Å². The summed E-state index contributed by atoms with van der Waals surface area (Å²) >= 11 is 0. The Kier molecular flexibility index (Phi) is 3.33. The van der Waals surface area contributed by atoms with Gasteiger partial charge in [0.25, 0.3) is 0 Å². The normalized spacial score (nSPS) is 13.2. The number of esters is 2. The van der Waals surface area contributed by atoms with E-state index in [1.165, 1.54) is 14.2 Å². The van der Waals surface area contributed by atoms with E-state index >= 15 is 0 Å². The zero-order valence-corrected chi connectivity index (χ0v) is 11.3. The van der Waals surface area contributed by atoms with Crippen molar-refractivity contribution in [2.45, 2.75) is 20.6 Å². The minimum atomic E-state index is -0.566. The highest BCUT2D eigenvalue weighted by molar-refractivity contribution is 6.06. The quantitative estimate of drug-likeness (QED) is 0.762. The zero-order valence-electron chi connectivity index (χ0n) is 11.3. The number of methoxy groups -OCH3 is 2. The topological polar surface area (TPSA) is 66.8 Å². The molecule has 1 aliphatic rings. The maximum absolute atomic E-state index is 11.9. The summed E-state index contributed by atoms with van der Waals surface area (Å²) < 4.78 is 16.6. The molecule has 0 N–H and O–H groups in total. The summed E-state index contributed by atoms with van der Waals surface area (Å²) in [5.41, 5.74) is 1.66. The molecule has 0 spiro atoms. The van der Waals surface area contributed by atoms with E-state index in [-0.39, 0.29) is 17.9 Å². The molecule has 1 aromatic heterocycles. The minimum Gasteiger partial charge on any atom is -0.477 e. The van der Waals surface area contributed by atoms with Crippen LogP contribution in [0.2, 0.25) is 0 Å². The highest BCUT2D eigenvalue weighted by Crippen LogP contribution is 2.29. The second-order valence-corrected chi connectivity index (χ2v) is 4.16. The number of hydrogen-bond acceptors (Lipinski definition) is 5. The monoisotopic (exact) mass is 265 g/mol. The number of nitrogens with zero attached hydrogens (tertiary/aromatic N) is 1. The first-order valence-corrected chi connectivity index (χ1v) is 5.72. The van der Waals surface area contributed by atoms with E-state index in [2.05, 4.69) is 0 Å². The number of rotatable bonds is 2. The van der Waals surface area contributed by atoms with Crippen LogP contribution in [-0.2, 0) is 20.9 Å². The van der Waals surface area contributed by atoms with E-state index in [4.69, 9.17) is 14.2 Å². The van der Waals surface area contributed by atoms with Gasteiger partial charge in [-0.1, -0.05) is 0 Å². The van der Waals surface area contributed by atoms with E-state index in [1.54, 1.807) is 24.5 Å². The first-order chi connectivity index (χ1) is 9.01. The Morgan fingerprint density at radius 2 is 1.74 bits per heavy atom. The van der Waals surface area contributed by atoms with Crippen molar-refractivity contribution < 1.29 is 23.8 Å². The standard InChI is InChI=1S/C13H15NO5/c1-7-5-9-11(13(16)18-4)10(12(15)17-3)8(2)14(9)6-19-7/h5H,6H2,1-4H3. The van der Waals surface area contributed by atoms with Gasteiger partial charge in [0.15, 0.2) is 6.73 Å². The fourth-order valence-electron chi connectivity index (χ4n) is 2.14. The fourth-order valence-corrected chi connectivity index (χ4v) is 2.14. The number of hydrogen-bond donors (Lipinski definition) is 0. The summed E-state index contributed by atoms with van der Waals surface area (Å²) in [4.78, 5) is 23.8. The average molecular weight is 265 g/mol. The third-order valence-corrected chi connectivity index (χ3v) is 3.10. The molecule has 0 unspecified atom stereocenters. The zero-order chi connectivity index (χ0) is 14.2. The lowest BCUT2D eigenvalue weighted by molar-refractivity contribution is 0.0556. The van der Waals surface area contributed by atoms with Crippen molar-refractivity contribution in [2.24, 2.45) is 0 Å². The first-order valence-electron chi connectivity index (χ1n) is 5.72. The van der Waals surface area contributed by atoms with E-state index in [1.807, 2.05) is 0 Å². The smallest absolute Gasteiger partial charge is 0.340 e. The van der Waals surface area contributed by atoms with E-state index in [0.717, 1.165) is 0 Å². The Morgan fingerprint density at radius 3 is 2.32 bits per heavy atom. The molecule has 0 aliphatic carbocycles. The number of ether oxygens (including phenoxy) is 3. The molecule has 0 amide bonds. The number of fused-ring (bicyclic) bond motifs is 1. The highest BCUT2D eigenvalue weighted by atomic mass is 16.5. The second kappa shape index (κ2) is 4.79. The third-order valence-electron chi connectivity index (χ3n) is 3.10. The molecule has 0 radical (unpaired) electrons. The molecule has 0 bridgehead atoms. The number of aromatic nitrogens is 1. The van der Waals surface area contributed by atoms with Gasteiger partial charge in [-0.15, -0.1) is 0 Å². The van der Waals surface area contributed by atoms with E-state index in [0.29, 0.717) is 17.1 Å². The van der Waals surface area contributed by atoms with Crippen LogP contribution >= 0.6 is 0 Å². The SMILES string of the molecule is COC(=O)c1c(C(=O)OC)c2n(c1C)COC(C)=C2. The van der Waals surface area contributed by atoms with Crippen LogP contribution in [0.25, 0.3) is 6.08 Å². The Hall–Kier alpha value is -2.24. The van der Waals surface area contributed by atoms with Crippen molar-refractivity contribution in [2.75, 3.05) is 14.2 Å². The number of carbonyl (C=O) groups is 2. The van der Waals surface area contributed by atoms with Crippen molar-refractivity contribution in [3.8, 4) is 0 Å². The number of carbonyl (C=O) groups excluding carboxylic acids is 2. The maximum atomic E-state index is 11.9. The van der Waals surface area contributed by atoms with Crippen LogP contribution in [0.5, 0.6) is 0 Å². The van der Waals surface area contributed by atoms with Gasteiger partial charge in [0.1, 0.15) is 0 Å². The minimum absolute atomic E-state index is 0.217.